The molecule has 2 heterocycles. The molecular weight excluding hydrogens is 278 g/mol. The minimum absolute atomic E-state index is 0.162. The van der Waals surface area contributed by atoms with Gasteiger partial charge < -0.3 is 4.90 Å². The Morgan fingerprint density at radius 2 is 2.05 bits per heavy atom. The number of likely N-dealkylation sites (N-methyl/N-ethyl adjacent to an activating group) is 1. The summed E-state index contributed by atoms with van der Waals surface area (Å²) in [6.45, 7) is 3.30. The number of allylic oxidation sites excluding steroid dienone is 2. The monoisotopic (exact) mass is 301 g/mol. The number of rotatable bonds is 3. The summed E-state index contributed by atoms with van der Waals surface area (Å²) in [5.74, 6) is 0. The summed E-state index contributed by atoms with van der Waals surface area (Å²) >= 11 is 0. The van der Waals surface area contributed by atoms with Gasteiger partial charge in [-0.2, -0.15) is 0 Å². The molecular formula is C17H23N3O2. The number of nitro groups is 1. The minimum Gasteiger partial charge on any atom is -0.377 e. The molecule has 1 aromatic carbocycles. The Hall–Kier alpha value is -2.14. The molecule has 1 unspecified atom stereocenters. The molecule has 1 atom stereocenters. The molecule has 0 aromatic heterocycles. The van der Waals surface area contributed by atoms with Crippen molar-refractivity contribution in [2.24, 2.45) is 0 Å². The first-order valence-corrected chi connectivity index (χ1v) is 7.58. The molecule has 0 aliphatic carbocycles. The first-order chi connectivity index (χ1) is 10.6. The third-order valence-corrected chi connectivity index (χ3v) is 3.78. The van der Waals surface area contributed by atoms with Gasteiger partial charge in [0, 0.05) is 38.0 Å². The Balaban J connectivity index is 0.000000211. The fourth-order valence-corrected chi connectivity index (χ4v) is 2.53. The van der Waals surface area contributed by atoms with E-state index in [1.54, 1.807) is 0 Å². The third-order valence-electron chi connectivity index (χ3n) is 3.78. The number of likely N-dealkylation sites (tertiary alicyclic amines) is 1. The lowest BCUT2D eigenvalue weighted by molar-refractivity contribution is -0.518. The summed E-state index contributed by atoms with van der Waals surface area (Å²) in [6, 6.07) is 9.72. The Labute approximate surface area is 131 Å². The Bertz CT molecular complexity index is 528. The number of hydrogen-bond acceptors (Lipinski definition) is 4. The van der Waals surface area contributed by atoms with Crippen LogP contribution in [0, 0.1) is 10.1 Å². The standard InChI is InChI=1S/C11H14N2O2.C6H9N/c14-13(15)11-6-7-12(9-11)8-10-4-2-1-3-5-10;1-7-5-3-2-4-6-7/h1-5,11H,6-9H2;2-5H,6H2,1H3. The van der Waals surface area contributed by atoms with Crippen molar-refractivity contribution in [3.63, 3.8) is 0 Å². The first-order valence-electron chi connectivity index (χ1n) is 7.58. The molecule has 22 heavy (non-hydrogen) atoms. The van der Waals surface area contributed by atoms with Gasteiger partial charge in [-0.1, -0.05) is 42.5 Å². The topological polar surface area (TPSA) is 49.6 Å². The molecule has 0 spiro atoms. The number of benzene rings is 1. The third kappa shape index (κ3) is 5.33. The highest BCUT2D eigenvalue weighted by molar-refractivity contribution is 5.14. The zero-order valence-corrected chi connectivity index (χ0v) is 13.0. The van der Waals surface area contributed by atoms with Gasteiger partial charge in [0.25, 0.3) is 0 Å². The van der Waals surface area contributed by atoms with Gasteiger partial charge in [0.2, 0.25) is 6.04 Å². The van der Waals surface area contributed by atoms with Gasteiger partial charge in [0.15, 0.2) is 0 Å². The molecule has 2 aliphatic heterocycles. The summed E-state index contributed by atoms with van der Waals surface area (Å²) in [6.07, 6.45) is 8.95. The molecule has 0 saturated carbocycles. The van der Waals surface area contributed by atoms with E-state index in [1.165, 1.54) is 5.56 Å². The average molecular weight is 301 g/mol. The summed E-state index contributed by atoms with van der Waals surface area (Å²) in [7, 11) is 2.06. The Kier molecular flexibility index (Phi) is 6.15. The molecule has 1 saturated heterocycles. The lowest BCUT2D eigenvalue weighted by atomic mass is 10.2. The van der Waals surface area contributed by atoms with Crippen LogP contribution in [-0.4, -0.2) is 47.4 Å². The fraction of sp³-hybridized carbons (Fsp3) is 0.412. The fourth-order valence-electron chi connectivity index (χ4n) is 2.53. The zero-order valence-electron chi connectivity index (χ0n) is 13.0. The van der Waals surface area contributed by atoms with Crippen LogP contribution >= 0.6 is 0 Å². The smallest absolute Gasteiger partial charge is 0.226 e. The van der Waals surface area contributed by atoms with Gasteiger partial charge in [0.1, 0.15) is 0 Å². The second kappa shape index (κ2) is 8.34. The largest absolute Gasteiger partial charge is 0.377 e. The SMILES string of the molecule is CN1C=CC=CC1.O=[N+]([O-])C1CCN(Cc2ccccc2)C1. The predicted molar refractivity (Wildman–Crippen MR) is 88.0 cm³/mol. The quantitative estimate of drug-likeness (QED) is 0.636. The van der Waals surface area contributed by atoms with Crippen LogP contribution in [0.4, 0.5) is 0 Å². The average Bonchev–Trinajstić information content (AvgIpc) is 2.98. The summed E-state index contributed by atoms with van der Waals surface area (Å²) in [5.41, 5.74) is 1.22. The van der Waals surface area contributed by atoms with Crippen LogP contribution in [0.25, 0.3) is 0 Å². The van der Waals surface area contributed by atoms with Crippen LogP contribution in [0.5, 0.6) is 0 Å². The number of nitrogens with zero attached hydrogens (tertiary/aromatic N) is 3. The van der Waals surface area contributed by atoms with Gasteiger partial charge in [-0.15, -0.1) is 0 Å². The Morgan fingerprint density at radius 1 is 1.27 bits per heavy atom. The lowest BCUT2D eigenvalue weighted by Crippen LogP contribution is -2.25. The van der Waals surface area contributed by atoms with E-state index in [2.05, 4.69) is 47.3 Å². The van der Waals surface area contributed by atoms with Crippen molar-refractivity contribution in [3.05, 3.63) is 70.4 Å². The van der Waals surface area contributed by atoms with Crippen molar-refractivity contribution >= 4 is 0 Å². The van der Waals surface area contributed by atoms with E-state index in [1.807, 2.05) is 24.3 Å². The number of hydrogen-bond donors (Lipinski definition) is 0. The van der Waals surface area contributed by atoms with Crippen LogP contribution in [0.1, 0.15) is 12.0 Å². The molecule has 0 amide bonds. The highest BCUT2D eigenvalue weighted by Crippen LogP contribution is 2.14. The van der Waals surface area contributed by atoms with Crippen molar-refractivity contribution in [1.29, 1.82) is 0 Å². The molecule has 3 rings (SSSR count). The van der Waals surface area contributed by atoms with Crippen molar-refractivity contribution in [2.75, 3.05) is 26.7 Å². The highest BCUT2D eigenvalue weighted by atomic mass is 16.6. The maximum Gasteiger partial charge on any atom is 0.226 e. The van der Waals surface area contributed by atoms with E-state index < -0.39 is 0 Å². The van der Waals surface area contributed by atoms with Crippen LogP contribution in [0.15, 0.2) is 54.8 Å². The van der Waals surface area contributed by atoms with Crippen molar-refractivity contribution in [2.45, 2.75) is 19.0 Å². The molecule has 0 radical (unpaired) electrons. The van der Waals surface area contributed by atoms with E-state index in [-0.39, 0.29) is 11.0 Å². The molecule has 0 bridgehead atoms. The molecule has 5 nitrogen and oxygen atoms in total. The summed E-state index contributed by atoms with van der Waals surface area (Å²) < 4.78 is 0. The van der Waals surface area contributed by atoms with E-state index >= 15 is 0 Å². The van der Waals surface area contributed by atoms with Crippen molar-refractivity contribution < 1.29 is 4.92 Å². The predicted octanol–water partition coefficient (Wildman–Crippen LogP) is 2.54. The molecule has 1 fully saturated rings. The highest BCUT2D eigenvalue weighted by Gasteiger charge is 2.30. The lowest BCUT2D eigenvalue weighted by Gasteiger charge is -2.13. The summed E-state index contributed by atoms with van der Waals surface area (Å²) in [4.78, 5) is 14.7. The van der Waals surface area contributed by atoms with E-state index in [4.69, 9.17) is 0 Å². The normalized spacial score (nSPS) is 20.6. The Morgan fingerprint density at radius 3 is 2.55 bits per heavy atom. The van der Waals surface area contributed by atoms with Crippen LogP contribution in [0.2, 0.25) is 0 Å². The van der Waals surface area contributed by atoms with Gasteiger partial charge in [-0.3, -0.25) is 15.0 Å². The van der Waals surface area contributed by atoms with Crippen molar-refractivity contribution in [3.8, 4) is 0 Å². The molecule has 1 aromatic rings. The van der Waals surface area contributed by atoms with Crippen molar-refractivity contribution in [1.82, 2.24) is 9.80 Å². The maximum absolute atomic E-state index is 10.6. The maximum atomic E-state index is 10.6. The zero-order chi connectivity index (χ0) is 15.8. The second-order valence-corrected chi connectivity index (χ2v) is 5.66. The minimum atomic E-state index is -0.367. The van der Waals surface area contributed by atoms with E-state index in [9.17, 15) is 10.1 Å². The first kappa shape index (κ1) is 16.2. The molecule has 2 aliphatic rings. The van der Waals surface area contributed by atoms with E-state index in [0.29, 0.717) is 13.0 Å². The van der Waals surface area contributed by atoms with Gasteiger partial charge in [-0.25, -0.2) is 0 Å². The van der Waals surface area contributed by atoms with Gasteiger partial charge >= 0.3 is 0 Å². The van der Waals surface area contributed by atoms with Gasteiger partial charge in [0.05, 0.1) is 6.54 Å². The summed E-state index contributed by atoms with van der Waals surface area (Å²) in [5, 5.41) is 10.6. The van der Waals surface area contributed by atoms with Crippen LogP contribution < -0.4 is 0 Å². The van der Waals surface area contributed by atoms with Gasteiger partial charge in [-0.05, 0) is 17.8 Å². The van der Waals surface area contributed by atoms with Crippen LogP contribution in [-0.2, 0) is 6.54 Å². The molecule has 118 valence electrons. The molecule has 0 N–H and O–H groups in total. The molecule has 5 heteroatoms. The van der Waals surface area contributed by atoms with E-state index in [0.717, 1.165) is 19.6 Å². The van der Waals surface area contributed by atoms with Crippen LogP contribution in [0.3, 0.4) is 0 Å². The second-order valence-electron chi connectivity index (χ2n) is 5.66.